The van der Waals surface area contributed by atoms with Crippen LogP contribution >= 0.6 is 22.9 Å². The van der Waals surface area contributed by atoms with Crippen molar-refractivity contribution in [2.75, 3.05) is 6.61 Å². The summed E-state index contributed by atoms with van der Waals surface area (Å²) < 4.78 is 7.56. The molecule has 2 aromatic heterocycles. The Morgan fingerprint density at radius 2 is 1.88 bits per heavy atom. The number of carbonyl (C=O) groups excluding carboxylic acids is 1. The van der Waals surface area contributed by atoms with Gasteiger partial charge in [0.2, 0.25) is 5.43 Å². The number of aliphatic hydroxyl groups excluding tert-OH is 1. The van der Waals surface area contributed by atoms with Gasteiger partial charge in [-0.05, 0) is 35.7 Å². The number of aromatic nitrogens is 1. The van der Waals surface area contributed by atoms with Crippen LogP contribution in [0.5, 0.6) is 0 Å². The van der Waals surface area contributed by atoms with Gasteiger partial charge < -0.3 is 19.7 Å². The van der Waals surface area contributed by atoms with Gasteiger partial charge in [0.1, 0.15) is 16.5 Å². The Morgan fingerprint density at radius 3 is 2.59 bits per heavy atom. The number of hydrogen-bond acceptors (Lipinski definition) is 5. The smallest absolute Gasteiger partial charge is 0.257 e. The summed E-state index contributed by atoms with van der Waals surface area (Å²) in [5, 5.41) is 14.3. The molecule has 4 rings (SSSR count). The van der Waals surface area contributed by atoms with E-state index in [0.717, 1.165) is 26.4 Å². The highest BCUT2D eigenvalue weighted by Gasteiger charge is 2.20. The average Bonchev–Trinajstić information content (AvgIpc) is 3.18. The first-order valence-corrected chi connectivity index (χ1v) is 12.0. The van der Waals surface area contributed by atoms with E-state index in [-0.39, 0.29) is 24.2 Å². The van der Waals surface area contributed by atoms with Crippen molar-refractivity contribution in [1.82, 2.24) is 9.88 Å². The summed E-state index contributed by atoms with van der Waals surface area (Å²) in [5.74, 6) is -0.424. The van der Waals surface area contributed by atoms with Crippen LogP contribution in [0.3, 0.4) is 0 Å². The molecule has 0 aliphatic heterocycles. The fraction of sp³-hybridized carbons (Fsp3) is 0.231. The third-order valence-electron chi connectivity index (χ3n) is 5.65. The maximum absolute atomic E-state index is 13.2. The number of amides is 1. The molecule has 0 unspecified atom stereocenters. The van der Waals surface area contributed by atoms with Crippen LogP contribution in [0.1, 0.15) is 38.0 Å². The Morgan fingerprint density at radius 1 is 1.18 bits per heavy atom. The monoisotopic (exact) mass is 496 g/mol. The fourth-order valence-electron chi connectivity index (χ4n) is 3.72. The van der Waals surface area contributed by atoms with E-state index in [1.54, 1.807) is 22.9 Å². The molecule has 0 fully saturated rings. The molecule has 4 aromatic rings. The molecular formula is C26H25ClN2O4S. The molecule has 8 heteroatoms. The largest absolute Gasteiger partial charge is 0.386 e. The summed E-state index contributed by atoms with van der Waals surface area (Å²) in [6, 6.07) is 16.5. The molecule has 0 bridgehead atoms. The van der Waals surface area contributed by atoms with Crippen LogP contribution < -0.4 is 10.7 Å². The first-order valence-electron chi connectivity index (χ1n) is 10.8. The van der Waals surface area contributed by atoms with Gasteiger partial charge in [-0.3, -0.25) is 9.59 Å². The number of hydrogen-bond donors (Lipinski definition) is 2. The predicted octanol–water partition coefficient (Wildman–Crippen LogP) is 4.74. The number of nitrogens with one attached hydrogen (secondary N) is 1. The molecule has 0 radical (unpaired) electrons. The van der Waals surface area contributed by atoms with Crippen molar-refractivity contribution in [2.45, 2.75) is 26.2 Å². The van der Waals surface area contributed by atoms with E-state index < -0.39 is 12.0 Å². The highest BCUT2D eigenvalue weighted by Crippen LogP contribution is 2.29. The number of aliphatic hydroxyl groups is 1. The number of nitrogens with zero attached hydrogens (tertiary/aromatic N) is 1. The van der Waals surface area contributed by atoms with Crippen LogP contribution in [0.25, 0.3) is 10.2 Å². The van der Waals surface area contributed by atoms with Gasteiger partial charge in [0.05, 0.1) is 18.6 Å². The van der Waals surface area contributed by atoms with E-state index in [1.165, 1.54) is 11.3 Å². The highest BCUT2D eigenvalue weighted by atomic mass is 35.5. The summed E-state index contributed by atoms with van der Waals surface area (Å²) in [4.78, 5) is 27.7. The van der Waals surface area contributed by atoms with E-state index in [4.69, 9.17) is 16.3 Å². The number of thiophene rings is 1. The minimum atomic E-state index is -0.724. The van der Waals surface area contributed by atoms with Crippen molar-refractivity contribution in [3.05, 3.63) is 103 Å². The molecule has 0 aliphatic rings. The van der Waals surface area contributed by atoms with Crippen molar-refractivity contribution < 1.29 is 14.6 Å². The number of aryl methyl sites for hydroxylation is 2. The minimum absolute atomic E-state index is 0.0943. The lowest BCUT2D eigenvalue weighted by Gasteiger charge is -2.11. The van der Waals surface area contributed by atoms with Gasteiger partial charge in [-0.15, -0.1) is 11.3 Å². The topological polar surface area (TPSA) is 80.6 Å². The van der Waals surface area contributed by atoms with Crippen molar-refractivity contribution in [1.29, 1.82) is 0 Å². The Balaban J connectivity index is 1.50. The highest BCUT2D eigenvalue weighted by molar-refractivity contribution is 7.18. The van der Waals surface area contributed by atoms with E-state index in [9.17, 15) is 14.7 Å². The van der Waals surface area contributed by atoms with Gasteiger partial charge in [-0.2, -0.15) is 0 Å². The summed E-state index contributed by atoms with van der Waals surface area (Å²) >= 11 is 7.36. The molecule has 2 heterocycles. The second-order valence-electron chi connectivity index (χ2n) is 8.06. The van der Waals surface area contributed by atoms with Crippen LogP contribution in [0, 0.1) is 6.92 Å². The van der Waals surface area contributed by atoms with Gasteiger partial charge in [0.15, 0.2) is 0 Å². The van der Waals surface area contributed by atoms with E-state index in [1.807, 2.05) is 56.4 Å². The number of pyridine rings is 1. The molecule has 2 aromatic carbocycles. The lowest BCUT2D eigenvalue weighted by molar-refractivity contribution is 0.0286. The lowest BCUT2D eigenvalue weighted by Crippen LogP contribution is -2.29. The average molecular weight is 497 g/mol. The zero-order valence-electron chi connectivity index (χ0n) is 18.9. The zero-order chi connectivity index (χ0) is 24.2. The van der Waals surface area contributed by atoms with Crippen molar-refractivity contribution >= 4 is 39.1 Å². The van der Waals surface area contributed by atoms with Crippen LogP contribution in [-0.4, -0.2) is 22.2 Å². The second kappa shape index (κ2) is 10.5. The maximum atomic E-state index is 13.2. The molecular weight excluding hydrogens is 472 g/mol. The lowest BCUT2D eigenvalue weighted by atomic mass is 10.1. The van der Waals surface area contributed by atoms with E-state index in [2.05, 4.69) is 5.32 Å². The molecule has 0 aliphatic carbocycles. The first-order chi connectivity index (χ1) is 16.3. The molecule has 0 saturated carbocycles. The molecule has 0 saturated heterocycles. The predicted molar refractivity (Wildman–Crippen MR) is 135 cm³/mol. The van der Waals surface area contributed by atoms with Crippen molar-refractivity contribution in [2.24, 2.45) is 7.05 Å². The Hall–Kier alpha value is -2.97. The standard InChI is InChI=1S/C26H25ClN2O4S/c1-16-22(15-33-14-21(30)18-6-4-3-5-7-18)34-26-23(16)24(31)20(13-29(26)2)25(32)28-12-17-8-10-19(27)11-9-17/h3-11,13,21,30H,12,14-15H2,1-2H3,(H,28,32)/t21-/m1/s1. The Kier molecular flexibility index (Phi) is 7.48. The molecule has 1 amide bonds. The minimum Gasteiger partial charge on any atom is -0.386 e. The number of carbonyl (C=O) groups is 1. The van der Waals surface area contributed by atoms with E-state index in [0.29, 0.717) is 17.0 Å². The third kappa shape index (κ3) is 5.23. The summed E-state index contributed by atoms with van der Waals surface area (Å²) in [6.07, 6.45) is 0.847. The second-order valence-corrected chi connectivity index (χ2v) is 9.58. The van der Waals surface area contributed by atoms with Crippen LogP contribution in [0.4, 0.5) is 0 Å². The van der Waals surface area contributed by atoms with Gasteiger partial charge in [-0.1, -0.05) is 54.1 Å². The Bertz CT molecular complexity index is 1360. The maximum Gasteiger partial charge on any atom is 0.257 e. The SMILES string of the molecule is Cc1c(COC[C@@H](O)c2ccccc2)sc2c1c(=O)c(C(=O)NCc1ccc(Cl)cc1)cn2C. The van der Waals surface area contributed by atoms with Crippen LogP contribution in [-0.2, 0) is 24.9 Å². The molecule has 2 N–H and O–H groups in total. The molecule has 1 atom stereocenters. The summed E-state index contributed by atoms with van der Waals surface area (Å²) in [6.45, 7) is 2.57. The number of fused-ring (bicyclic) bond motifs is 1. The quantitative estimate of drug-likeness (QED) is 0.369. The van der Waals surface area contributed by atoms with Gasteiger partial charge in [-0.25, -0.2) is 0 Å². The van der Waals surface area contributed by atoms with Gasteiger partial charge in [0.25, 0.3) is 5.91 Å². The van der Waals surface area contributed by atoms with Crippen LogP contribution in [0.2, 0.25) is 5.02 Å². The van der Waals surface area contributed by atoms with Crippen molar-refractivity contribution in [3.8, 4) is 0 Å². The number of halogens is 1. The molecule has 34 heavy (non-hydrogen) atoms. The number of benzene rings is 2. The number of rotatable bonds is 8. The van der Waals surface area contributed by atoms with E-state index >= 15 is 0 Å². The van der Waals surface area contributed by atoms with Crippen LogP contribution in [0.15, 0.2) is 65.6 Å². The van der Waals surface area contributed by atoms with Gasteiger partial charge in [0, 0.05) is 29.7 Å². The molecule has 176 valence electrons. The zero-order valence-corrected chi connectivity index (χ0v) is 20.4. The summed E-state index contributed by atoms with van der Waals surface area (Å²) in [5.41, 5.74) is 2.27. The van der Waals surface area contributed by atoms with Gasteiger partial charge >= 0.3 is 0 Å². The molecule has 0 spiro atoms. The normalized spacial score (nSPS) is 12.1. The third-order valence-corrected chi connectivity index (χ3v) is 7.25. The number of ether oxygens (including phenoxy) is 1. The first kappa shape index (κ1) is 24.2. The summed E-state index contributed by atoms with van der Waals surface area (Å²) in [7, 11) is 1.82. The van der Waals surface area contributed by atoms with Crippen molar-refractivity contribution in [3.63, 3.8) is 0 Å². The Labute approximate surface area is 206 Å². The molecule has 6 nitrogen and oxygen atoms in total. The fourth-order valence-corrected chi connectivity index (χ4v) is 5.02.